The van der Waals surface area contributed by atoms with Crippen LogP contribution in [0.15, 0.2) is 17.6 Å². The molecule has 2 aromatic heterocycles. The molecule has 1 N–H and O–H groups in total. The Kier molecular flexibility index (Phi) is 3.36. The van der Waals surface area contributed by atoms with Gasteiger partial charge in [0.2, 0.25) is 0 Å². The Labute approximate surface area is 98.6 Å². The van der Waals surface area contributed by atoms with E-state index in [1.165, 1.54) is 0 Å². The number of aliphatic hydroxyl groups excluding tert-OH is 1. The van der Waals surface area contributed by atoms with E-state index in [2.05, 4.69) is 17.0 Å². The van der Waals surface area contributed by atoms with Crippen molar-refractivity contribution in [1.29, 1.82) is 0 Å². The zero-order chi connectivity index (χ0) is 11.5. The highest BCUT2D eigenvalue weighted by molar-refractivity contribution is 7.09. The molecular weight excluding hydrogens is 222 g/mol. The molecule has 0 saturated carbocycles. The van der Waals surface area contributed by atoms with E-state index in [-0.39, 0.29) is 0 Å². The summed E-state index contributed by atoms with van der Waals surface area (Å²) in [6.45, 7) is 4.84. The summed E-state index contributed by atoms with van der Waals surface area (Å²) in [5.74, 6) is 0. The molecule has 0 aliphatic heterocycles. The van der Waals surface area contributed by atoms with Gasteiger partial charge in [-0.15, -0.1) is 11.3 Å². The number of aryl methyl sites for hydroxylation is 2. The zero-order valence-electron chi connectivity index (χ0n) is 9.42. The van der Waals surface area contributed by atoms with Crippen molar-refractivity contribution in [2.24, 2.45) is 0 Å². The Morgan fingerprint density at radius 2 is 2.38 bits per heavy atom. The van der Waals surface area contributed by atoms with Gasteiger partial charge >= 0.3 is 0 Å². The van der Waals surface area contributed by atoms with Gasteiger partial charge in [-0.05, 0) is 19.4 Å². The summed E-state index contributed by atoms with van der Waals surface area (Å²) in [5.41, 5.74) is 1.52. The predicted octanol–water partition coefficient (Wildman–Crippen LogP) is 2.14. The van der Waals surface area contributed by atoms with Crippen LogP contribution in [0.1, 0.15) is 35.8 Å². The maximum atomic E-state index is 10.2. The minimum absolute atomic E-state index is 0.668. The molecule has 0 bridgehead atoms. The van der Waals surface area contributed by atoms with E-state index in [9.17, 15) is 5.11 Å². The van der Waals surface area contributed by atoms with Crippen molar-refractivity contribution < 1.29 is 5.11 Å². The van der Waals surface area contributed by atoms with Crippen molar-refractivity contribution in [3.8, 4) is 0 Å². The molecule has 0 amide bonds. The van der Waals surface area contributed by atoms with Crippen LogP contribution in [-0.2, 0) is 6.54 Å². The van der Waals surface area contributed by atoms with Gasteiger partial charge in [-0.3, -0.25) is 4.68 Å². The molecule has 2 rings (SSSR count). The smallest absolute Gasteiger partial charge is 0.138 e. The van der Waals surface area contributed by atoms with Crippen LogP contribution >= 0.6 is 11.3 Å². The van der Waals surface area contributed by atoms with Gasteiger partial charge in [-0.25, -0.2) is 4.98 Å². The highest BCUT2D eigenvalue weighted by atomic mass is 32.1. The molecule has 0 saturated heterocycles. The quantitative estimate of drug-likeness (QED) is 0.886. The van der Waals surface area contributed by atoms with Crippen molar-refractivity contribution in [2.45, 2.75) is 32.9 Å². The molecule has 0 aliphatic rings. The number of aliphatic hydroxyl groups is 1. The fourth-order valence-electron chi connectivity index (χ4n) is 1.63. The normalized spacial score (nSPS) is 12.9. The second kappa shape index (κ2) is 4.76. The van der Waals surface area contributed by atoms with Gasteiger partial charge in [-0.2, -0.15) is 5.10 Å². The fourth-order valence-corrected chi connectivity index (χ4v) is 2.26. The Balaban J connectivity index is 2.26. The molecule has 0 radical (unpaired) electrons. The van der Waals surface area contributed by atoms with Crippen molar-refractivity contribution >= 4 is 11.3 Å². The Morgan fingerprint density at radius 1 is 1.56 bits per heavy atom. The molecule has 0 aliphatic carbocycles. The van der Waals surface area contributed by atoms with Gasteiger partial charge in [0.25, 0.3) is 0 Å². The van der Waals surface area contributed by atoms with Gasteiger partial charge in [0.15, 0.2) is 0 Å². The number of hydrogen-bond acceptors (Lipinski definition) is 4. The first kappa shape index (κ1) is 11.3. The molecule has 0 fully saturated rings. The number of hydrogen-bond donors (Lipinski definition) is 1. The molecule has 0 aromatic carbocycles. The van der Waals surface area contributed by atoms with E-state index >= 15 is 0 Å². The molecule has 86 valence electrons. The molecule has 0 spiro atoms. The first-order chi connectivity index (χ1) is 7.72. The van der Waals surface area contributed by atoms with Crippen molar-refractivity contribution in [3.63, 3.8) is 0 Å². The second-order valence-electron chi connectivity index (χ2n) is 3.67. The van der Waals surface area contributed by atoms with Crippen LogP contribution in [0.4, 0.5) is 0 Å². The zero-order valence-corrected chi connectivity index (χ0v) is 10.2. The van der Waals surface area contributed by atoms with Gasteiger partial charge in [0.05, 0.1) is 16.4 Å². The van der Waals surface area contributed by atoms with Crippen LogP contribution in [0, 0.1) is 6.92 Å². The summed E-state index contributed by atoms with van der Waals surface area (Å²) in [6, 6.07) is 1.84. The lowest BCUT2D eigenvalue weighted by atomic mass is 10.2. The minimum atomic E-state index is -0.668. The van der Waals surface area contributed by atoms with E-state index in [4.69, 9.17) is 0 Å². The van der Waals surface area contributed by atoms with Gasteiger partial charge in [0.1, 0.15) is 6.10 Å². The van der Waals surface area contributed by atoms with Crippen LogP contribution in [0.2, 0.25) is 0 Å². The van der Waals surface area contributed by atoms with Crippen LogP contribution < -0.4 is 0 Å². The SMILES string of the molecule is CCCn1nccc1C(O)c1csc(C)n1. The molecule has 4 nitrogen and oxygen atoms in total. The summed E-state index contributed by atoms with van der Waals surface area (Å²) in [4.78, 5) is 4.30. The fraction of sp³-hybridized carbons (Fsp3) is 0.455. The van der Waals surface area contributed by atoms with Crippen molar-refractivity contribution in [3.05, 3.63) is 34.0 Å². The third kappa shape index (κ3) is 2.15. The molecule has 1 atom stereocenters. The largest absolute Gasteiger partial charge is 0.380 e. The summed E-state index contributed by atoms with van der Waals surface area (Å²) >= 11 is 1.55. The maximum absolute atomic E-state index is 10.2. The van der Waals surface area contributed by atoms with E-state index in [0.717, 1.165) is 23.7 Å². The summed E-state index contributed by atoms with van der Waals surface area (Å²) in [6.07, 6.45) is 2.05. The van der Waals surface area contributed by atoms with Crippen LogP contribution in [-0.4, -0.2) is 19.9 Å². The van der Waals surface area contributed by atoms with Gasteiger partial charge in [0, 0.05) is 18.1 Å². The summed E-state index contributed by atoms with van der Waals surface area (Å²) in [7, 11) is 0. The number of nitrogens with zero attached hydrogens (tertiary/aromatic N) is 3. The molecule has 5 heteroatoms. The number of rotatable bonds is 4. The van der Waals surface area contributed by atoms with Crippen LogP contribution in [0.5, 0.6) is 0 Å². The molecule has 1 unspecified atom stereocenters. The van der Waals surface area contributed by atoms with Gasteiger partial charge < -0.3 is 5.11 Å². The lowest BCUT2D eigenvalue weighted by Gasteiger charge is -2.10. The molecule has 16 heavy (non-hydrogen) atoms. The Hall–Kier alpha value is -1.20. The monoisotopic (exact) mass is 237 g/mol. The van der Waals surface area contributed by atoms with E-state index in [1.807, 2.05) is 23.1 Å². The van der Waals surface area contributed by atoms with Gasteiger partial charge in [-0.1, -0.05) is 6.92 Å². The van der Waals surface area contributed by atoms with E-state index in [1.54, 1.807) is 17.5 Å². The average Bonchev–Trinajstić information content (AvgIpc) is 2.87. The van der Waals surface area contributed by atoms with E-state index in [0.29, 0.717) is 5.69 Å². The lowest BCUT2D eigenvalue weighted by molar-refractivity contribution is 0.203. The third-order valence-electron chi connectivity index (χ3n) is 2.38. The average molecular weight is 237 g/mol. The second-order valence-corrected chi connectivity index (χ2v) is 4.74. The minimum Gasteiger partial charge on any atom is -0.380 e. The highest BCUT2D eigenvalue weighted by Gasteiger charge is 2.17. The first-order valence-corrected chi connectivity index (χ1v) is 6.22. The third-order valence-corrected chi connectivity index (χ3v) is 3.17. The predicted molar refractivity (Wildman–Crippen MR) is 63.4 cm³/mol. The summed E-state index contributed by atoms with van der Waals surface area (Å²) in [5, 5.41) is 17.2. The maximum Gasteiger partial charge on any atom is 0.138 e. The van der Waals surface area contributed by atoms with Crippen LogP contribution in [0.25, 0.3) is 0 Å². The number of thiazole rings is 1. The first-order valence-electron chi connectivity index (χ1n) is 5.34. The molecule has 2 aromatic rings. The summed E-state index contributed by atoms with van der Waals surface area (Å²) < 4.78 is 1.83. The Bertz CT molecular complexity index is 463. The van der Waals surface area contributed by atoms with Crippen LogP contribution in [0.3, 0.4) is 0 Å². The Morgan fingerprint density at radius 3 is 3.00 bits per heavy atom. The lowest BCUT2D eigenvalue weighted by Crippen LogP contribution is -2.10. The number of aromatic nitrogens is 3. The topological polar surface area (TPSA) is 50.9 Å². The van der Waals surface area contributed by atoms with Crippen molar-refractivity contribution in [1.82, 2.24) is 14.8 Å². The standard InChI is InChI=1S/C11H15N3OS/c1-3-6-14-10(4-5-12-14)11(15)9-7-16-8(2)13-9/h4-5,7,11,15H,3,6H2,1-2H3. The molecular formula is C11H15N3OS. The molecule has 2 heterocycles. The van der Waals surface area contributed by atoms with E-state index < -0.39 is 6.10 Å². The van der Waals surface area contributed by atoms with Crippen molar-refractivity contribution in [2.75, 3.05) is 0 Å². The highest BCUT2D eigenvalue weighted by Crippen LogP contribution is 2.23.